The number of benzene rings is 2. The van der Waals surface area contributed by atoms with Crippen molar-refractivity contribution in [2.75, 3.05) is 6.61 Å². The Balaban J connectivity index is 1.88. The average molecular weight is 273 g/mol. The van der Waals surface area contributed by atoms with Crippen LogP contribution in [0.25, 0.3) is 0 Å². The second kappa shape index (κ2) is 7.06. The minimum Gasteiger partial charge on any atom is -0.493 e. The van der Waals surface area contributed by atoms with Gasteiger partial charge >= 0.3 is 0 Å². The third kappa shape index (κ3) is 4.07. The molecule has 0 aromatic heterocycles. The van der Waals surface area contributed by atoms with E-state index in [-0.39, 0.29) is 11.9 Å². The maximum absolute atomic E-state index is 13.2. The van der Waals surface area contributed by atoms with E-state index in [4.69, 9.17) is 10.5 Å². The Bertz CT molecular complexity index is 540. The molecule has 0 bridgehead atoms. The third-order valence-corrected chi connectivity index (χ3v) is 3.17. The largest absolute Gasteiger partial charge is 0.493 e. The first kappa shape index (κ1) is 14.5. The van der Waals surface area contributed by atoms with E-state index in [2.05, 4.69) is 12.1 Å². The fraction of sp³-hybridized carbons (Fsp3) is 0.294. The Labute approximate surface area is 119 Å². The summed E-state index contributed by atoms with van der Waals surface area (Å²) in [5.41, 5.74) is 7.84. The van der Waals surface area contributed by atoms with E-state index < -0.39 is 0 Å². The van der Waals surface area contributed by atoms with Gasteiger partial charge in [0.15, 0.2) is 0 Å². The van der Waals surface area contributed by atoms with Crippen molar-refractivity contribution >= 4 is 0 Å². The average Bonchev–Trinajstić information content (AvgIpc) is 2.45. The fourth-order valence-electron chi connectivity index (χ4n) is 2.11. The summed E-state index contributed by atoms with van der Waals surface area (Å²) in [5, 5.41) is 0. The molecule has 0 saturated heterocycles. The van der Waals surface area contributed by atoms with Gasteiger partial charge in [0.25, 0.3) is 0 Å². The van der Waals surface area contributed by atoms with Crippen LogP contribution in [-0.4, -0.2) is 6.61 Å². The SMILES string of the molecule is C[C@H](N)c1cc(F)ccc1OCCCc1ccccc1. The van der Waals surface area contributed by atoms with E-state index in [1.54, 1.807) is 6.07 Å². The molecule has 0 aliphatic carbocycles. The molecule has 2 rings (SSSR count). The Kier molecular flexibility index (Phi) is 5.13. The quantitative estimate of drug-likeness (QED) is 0.811. The van der Waals surface area contributed by atoms with Crippen molar-refractivity contribution in [2.24, 2.45) is 5.73 Å². The van der Waals surface area contributed by atoms with Crippen LogP contribution >= 0.6 is 0 Å². The molecule has 2 aromatic rings. The molecule has 1 atom stereocenters. The van der Waals surface area contributed by atoms with E-state index >= 15 is 0 Å². The van der Waals surface area contributed by atoms with Crippen LogP contribution in [0.1, 0.15) is 30.5 Å². The predicted molar refractivity (Wildman–Crippen MR) is 79.3 cm³/mol. The van der Waals surface area contributed by atoms with Gasteiger partial charge in [-0.25, -0.2) is 4.39 Å². The first-order valence-electron chi connectivity index (χ1n) is 6.88. The number of rotatable bonds is 6. The zero-order valence-corrected chi connectivity index (χ0v) is 11.7. The molecule has 106 valence electrons. The second-order valence-corrected chi connectivity index (χ2v) is 4.91. The molecule has 0 fully saturated rings. The van der Waals surface area contributed by atoms with Crippen molar-refractivity contribution in [3.05, 3.63) is 65.5 Å². The highest BCUT2D eigenvalue weighted by atomic mass is 19.1. The lowest BCUT2D eigenvalue weighted by Crippen LogP contribution is -2.09. The number of hydrogen-bond donors (Lipinski definition) is 1. The van der Waals surface area contributed by atoms with Gasteiger partial charge < -0.3 is 10.5 Å². The molecular weight excluding hydrogens is 253 g/mol. The minimum atomic E-state index is -0.283. The van der Waals surface area contributed by atoms with Crippen LogP contribution in [-0.2, 0) is 6.42 Å². The molecule has 0 aliphatic rings. The van der Waals surface area contributed by atoms with E-state index in [0.717, 1.165) is 12.8 Å². The molecule has 0 amide bonds. The highest BCUT2D eigenvalue weighted by molar-refractivity contribution is 5.36. The summed E-state index contributed by atoms with van der Waals surface area (Å²) in [6.45, 7) is 2.42. The van der Waals surface area contributed by atoms with Gasteiger partial charge in [0.1, 0.15) is 11.6 Å². The Morgan fingerprint density at radius 3 is 2.60 bits per heavy atom. The van der Waals surface area contributed by atoms with Gasteiger partial charge in [0.2, 0.25) is 0 Å². The maximum atomic E-state index is 13.2. The molecule has 0 unspecified atom stereocenters. The highest BCUT2D eigenvalue weighted by Gasteiger charge is 2.09. The molecule has 0 saturated carbocycles. The van der Waals surface area contributed by atoms with Crippen LogP contribution in [0.15, 0.2) is 48.5 Å². The third-order valence-electron chi connectivity index (χ3n) is 3.17. The predicted octanol–water partition coefficient (Wildman–Crippen LogP) is 3.86. The van der Waals surface area contributed by atoms with Gasteiger partial charge in [0.05, 0.1) is 6.61 Å². The summed E-state index contributed by atoms with van der Waals surface area (Å²) in [6, 6.07) is 14.5. The highest BCUT2D eigenvalue weighted by Crippen LogP contribution is 2.24. The first-order valence-corrected chi connectivity index (χ1v) is 6.88. The van der Waals surface area contributed by atoms with Gasteiger partial charge in [0, 0.05) is 11.6 Å². The maximum Gasteiger partial charge on any atom is 0.124 e. The molecule has 2 nitrogen and oxygen atoms in total. The van der Waals surface area contributed by atoms with Crippen molar-refractivity contribution < 1.29 is 9.13 Å². The lowest BCUT2D eigenvalue weighted by molar-refractivity contribution is 0.306. The summed E-state index contributed by atoms with van der Waals surface area (Å²) in [7, 11) is 0. The van der Waals surface area contributed by atoms with Crippen LogP contribution in [0.3, 0.4) is 0 Å². The van der Waals surface area contributed by atoms with Crippen molar-refractivity contribution in [3.63, 3.8) is 0 Å². The van der Waals surface area contributed by atoms with Crippen molar-refractivity contribution in [1.82, 2.24) is 0 Å². The molecule has 2 N–H and O–H groups in total. The molecule has 0 heterocycles. The molecule has 20 heavy (non-hydrogen) atoms. The van der Waals surface area contributed by atoms with Crippen molar-refractivity contribution in [3.8, 4) is 5.75 Å². The van der Waals surface area contributed by atoms with Gasteiger partial charge in [-0.1, -0.05) is 30.3 Å². The van der Waals surface area contributed by atoms with Crippen LogP contribution < -0.4 is 10.5 Å². The van der Waals surface area contributed by atoms with Crippen LogP contribution in [0.5, 0.6) is 5.75 Å². The topological polar surface area (TPSA) is 35.2 Å². The zero-order chi connectivity index (χ0) is 14.4. The first-order chi connectivity index (χ1) is 9.66. The van der Waals surface area contributed by atoms with E-state index in [9.17, 15) is 4.39 Å². The molecule has 3 heteroatoms. The van der Waals surface area contributed by atoms with E-state index in [1.807, 2.05) is 25.1 Å². The lowest BCUT2D eigenvalue weighted by atomic mass is 10.1. The minimum absolute atomic E-state index is 0.241. The van der Waals surface area contributed by atoms with Crippen molar-refractivity contribution in [2.45, 2.75) is 25.8 Å². The second-order valence-electron chi connectivity index (χ2n) is 4.91. The monoisotopic (exact) mass is 273 g/mol. The summed E-state index contributed by atoms with van der Waals surface area (Å²) >= 11 is 0. The van der Waals surface area contributed by atoms with Crippen LogP contribution in [0.2, 0.25) is 0 Å². The number of ether oxygens (including phenoxy) is 1. The fourth-order valence-corrected chi connectivity index (χ4v) is 2.11. The van der Waals surface area contributed by atoms with E-state index in [0.29, 0.717) is 17.9 Å². The summed E-state index contributed by atoms with van der Waals surface area (Å²) < 4.78 is 18.9. The zero-order valence-electron chi connectivity index (χ0n) is 11.7. The summed E-state index contributed by atoms with van der Waals surface area (Å²) in [5.74, 6) is 0.392. The lowest BCUT2D eigenvalue weighted by Gasteiger charge is -2.14. The molecule has 0 radical (unpaired) electrons. The van der Waals surface area contributed by atoms with Crippen LogP contribution in [0.4, 0.5) is 4.39 Å². The van der Waals surface area contributed by atoms with Gasteiger partial charge in [-0.3, -0.25) is 0 Å². The molecule has 2 aromatic carbocycles. The number of aryl methyl sites for hydroxylation is 1. The molecular formula is C17H20FNO. The normalized spacial score (nSPS) is 12.2. The van der Waals surface area contributed by atoms with Gasteiger partial charge in [-0.05, 0) is 43.5 Å². The number of hydrogen-bond acceptors (Lipinski definition) is 2. The van der Waals surface area contributed by atoms with E-state index in [1.165, 1.54) is 17.7 Å². The van der Waals surface area contributed by atoms with Gasteiger partial charge in [-0.15, -0.1) is 0 Å². The number of halogens is 1. The Morgan fingerprint density at radius 1 is 1.15 bits per heavy atom. The Morgan fingerprint density at radius 2 is 1.90 bits per heavy atom. The molecule has 0 spiro atoms. The van der Waals surface area contributed by atoms with Crippen molar-refractivity contribution in [1.29, 1.82) is 0 Å². The van der Waals surface area contributed by atoms with Gasteiger partial charge in [-0.2, -0.15) is 0 Å². The Hall–Kier alpha value is -1.87. The molecule has 0 aliphatic heterocycles. The smallest absolute Gasteiger partial charge is 0.124 e. The summed E-state index contributed by atoms with van der Waals surface area (Å²) in [6.07, 6.45) is 1.88. The summed E-state index contributed by atoms with van der Waals surface area (Å²) in [4.78, 5) is 0. The number of nitrogens with two attached hydrogens (primary N) is 1. The van der Waals surface area contributed by atoms with Crippen LogP contribution in [0, 0.1) is 5.82 Å². The standard InChI is InChI=1S/C17H20FNO/c1-13(19)16-12-15(18)9-10-17(16)20-11-5-8-14-6-3-2-4-7-14/h2-4,6-7,9-10,12-13H,5,8,11,19H2,1H3/t13-/m0/s1.